The molecule has 0 unspecified atom stereocenters. The lowest BCUT2D eigenvalue weighted by molar-refractivity contribution is -0.121. The van der Waals surface area contributed by atoms with E-state index in [0.717, 1.165) is 6.42 Å². The zero-order valence-electron chi connectivity index (χ0n) is 13.7. The maximum atomic E-state index is 12.8. The largest absolute Gasteiger partial charge is 0.356 e. The molecule has 0 atom stereocenters. The van der Waals surface area contributed by atoms with E-state index in [1.807, 2.05) is 6.92 Å². The van der Waals surface area contributed by atoms with E-state index >= 15 is 0 Å². The van der Waals surface area contributed by atoms with Crippen molar-refractivity contribution in [1.29, 1.82) is 0 Å². The standard InChI is InChI=1S/C17H17ClN4O3/c1-2-8-19-13(23)7-9-22-10-20-16-14(17(22)24)15(21-25-16)11-5-3-4-6-12(11)18/h3-6,10H,2,7-9H2,1H3,(H,19,23). The third-order valence-electron chi connectivity index (χ3n) is 3.74. The van der Waals surface area contributed by atoms with E-state index in [9.17, 15) is 9.59 Å². The predicted octanol–water partition coefficient (Wildman–Crippen LogP) is 2.62. The summed E-state index contributed by atoms with van der Waals surface area (Å²) in [5.74, 6) is -0.106. The Morgan fingerprint density at radius 1 is 1.36 bits per heavy atom. The molecule has 130 valence electrons. The highest BCUT2D eigenvalue weighted by Crippen LogP contribution is 2.30. The lowest BCUT2D eigenvalue weighted by Gasteiger charge is -2.06. The summed E-state index contributed by atoms with van der Waals surface area (Å²) in [6, 6.07) is 7.06. The summed E-state index contributed by atoms with van der Waals surface area (Å²) in [4.78, 5) is 28.6. The number of halogens is 1. The zero-order valence-corrected chi connectivity index (χ0v) is 14.4. The van der Waals surface area contributed by atoms with Crippen molar-refractivity contribution in [1.82, 2.24) is 20.0 Å². The van der Waals surface area contributed by atoms with Gasteiger partial charge in [-0.15, -0.1) is 0 Å². The van der Waals surface area contributed by atoms with Crippen LogP contribution in [0.15, 0.2) is 39.9 Å². The molecule has 0 aliphatic carbocycles. The number of aryl methyl sites for hydroxylation is 1. The summed E-state index contributed by atoms with van der Waals surface area (Å²) in [6.07, 6.45) is 2.42. The number of amides is 1. The number of carbonyl (C=O) groups excluding carboxylic acids is 1. The minimum atomic E-state index is -0.315. The van der Waals surface area contributed by atoms with Crippen LogP contribution in [0.2, 0.25) is 5.02 Å². The Labute approximate surface area is 148 Å². The lowest BCUT2D eigenvalue weighted by Crippen LogP contribution is -2.28. The molecule has 2 heterocycles. The van der Waals surface area contributed by atoms with E-state index in [0.29, 0.717) is 22.8 Å². The number of aromatic nitrogens is 3. The predicted molar refractivity (Wildman–Crippen MR) is 94.4 cm³/mol. The Morgan fingerprint density at radius 3 is 2.92 bits per heavy atom. The van der Waals surface area contributed by atoms with Gasteiger partial charge in [0.15, 0.2) is 0 Å². The van der Waals surface area contributed by atoms with Crippen molar-refractivity contribution in [3.05, 3.63) is 46.0 Å². The number of hydrogen-bond acceptors (Lipinski definition) is 5. The van der Waals surface area contributed by atoms with Crippen LogP contribution in [0.1, 0.15) is 19.8 Å². The number of fused-ring (bicyclic) bond motifs is 1. The molecule has 1 aromatic carbocycles. The molecule has 25 heavy (non-hydrogen) atoms. The van der Waals surface area contributed by atoms with Crippen LogP contribution < -0.4 is 10.9 Å². The van der Waals surface area contributed by atoms with Crippen LogP contribution in [0.5, 0.6) is 0 Å². The molecule has 1 N–H and O–H groups in total. The highest BCUT2D eigenvalue weighted by Gasteiger charge is 2.18. The maximum Gasteiger partial charge on any atom is 0.266 e. The fraction of sp³-hybridized carbons (Fsp3) is 0.294. The second-order valence-corrected chi connectivity index (χ2v) is 5.94. The van der Waals surface area contributed by atoms with Crippen LogP contribution in [0, 0.1) is 0 Å². The first kappa shape index (κ1) is 17.2. The summed E-state index contributed by atoms with van der Waals surface area (Å²) in [6.45, 7) is 2.82. The Kier molecular flexibility index (Phi) is 5.14. The van der Waals surface area contributed by atoms with Gasteiger partial charge in [-0.3, -0.25) is 14.2 Å². The Hall–Kier alpha value is -2.67. The van der Waals surface area contributed by atoms with Gasteiger partial charge in [-0.05, 0) is 12.5 Å². The molecule has 1 amide bonds. The molecule has 8 heteroatoms. The highest BCUT2D eigenvalue weighted by atomic mass is 35.5. The summed E-state index contributed by atoms with van der Waals surface area (Å²) >= 11 is 6.20. The molecule has 7 nitrogen and oxygen atoms in total. The Balaban J connectivity index is 1.94. The van der Waals surface area contributed by atoms with Gasteiger partial charge < -0.3 is 9.84 Å². The molecule has 0 fully saturated rings. The lowest BCUT2D eigenvalue weighted by atomic mass is 10.1. The summed E-state index contributed by atoms with van der Waals surface area (Å²) in [5.41, 5.74) is 0.777. The number of carbonyl (C=O) groups is 1. The molecule has 2 aromatic heterocycles. The van der Waals surface area contributed by atoms with E-state index in [1.54, 1.807) is 24.3 Å². The first-order valence-electron chi connectivity index (χ1n) is 7.98. The number of benzene rings is 1. The molecule has 0 saturated carbocycles. The van der Waals surface area contributed by atoms with Crippen molar-refractivity contribution in [3.8, 4) is 11.3 Å². The average Bonchev–Trinajstić information content (AvgIpc) is 3.04. The molecule has 0 bridgehead atoms. The topological polar surface area (TPSA) is 90.0 Å². The molecule has 0 saturated heterocycles. The Bertz CT molecular complexity index is 964. The molecule has 0 spiro atoms. The van der Waals surface area contributed by atoms with Crippen LogP contribution in [0.3, 0.4) is 0 Å². The van der Waals surface area contributed by atoms with Gasteiger partial charge in [-0.1, -0.05) is 41.9 Å². The minimum Gasteiger partial charge on any atom is -0.356 e. The van der Waals surface area contributed by atoms with Gasteiger partial charge >= 0.3 is 0 Å². The van der Waals surface area contributed by atoms with Crippen molar-refractivity contribution in [3.63, 3.8) is 0 Å². The van der Waals surface area contributed by atoms with Crippen LogP contribution >= 0.6 is 11.6 Å². The first-order chi connectivity index (χ1) is 12.1. The zero-order chi connectivity index (χ0) is 17.8. The van der Waals surface area contributed by atoms with Crippen molar-refractivity contribution in [2.24, 2.45) is 0 Å². The number of nitrogens with one attached hydrogen (secondary N) is 1. The van der Waals surface area contributed by atoms with Crippen LogP contribution in [0.25, 0.3) is 22.4 Å². The van der Waals surface area contributed by atoms with E-state index in [4.69, 9.17) is 16.1 Å². The monoisotopic (exact) mass is 360 g/mol. The molecular formula is C17H17ClN4O3. The van der Waals surface area contributed by atoms with Crippen LogP contribution in [-0.2, 0) is 11.3 Å². The number of nitrogens with zero attached hydrogens (tertiary/aromatic N) is 3. The maximum absolute atomic E-state index is 12.8. The fourth-order valence-electron chi connectivity index (χ4n) is 2.45. The molecular weight excluding hydrogens is 344 g/mol. The van der Waals surface area contributed by atoms with Gasteiger partial charge in [0.05, 0.1) is 5.02 Å². The van der Waals surface area contributed by atoms with Gasteiger partial charge in [0, 0.05) is 25.1 Å². The fourth-order valence-corrected chi connectivity index (χ4v) is 2.68. The smallest absolute Gasteiger partial charge is 0.266 e. The van der Waals surface area contributed by atoms with E-state index in [2.05, 4.69) is 15.5 Å². The quantitative estimate of drug-likeness (QED) is 0.729. The number of hydrogen-bond donors (Lipinski definition) is 1. The van der Waals surface area contributed by atoms with E-state index < -0.39 is 0 Å². The van der Waals surface area contributed by atoms with Crippen molar-refractivity contribution in [2.75, 3.05) is 6.54 Å². The van der Waals surface area contributed by atoms with Gasteiger partial charge in [0.25, 0.3) is 11.3 Å². The van der Waals surface area contributed by atoms with Gasteiger partial charge in [0.1, 0.15) is 17.4 Å². The third kappa shape index (κ3) is 3.56. The summed E-state index contributed by atoms with van der Waals surface area (Å²) in [7, 11) is 0. The molecule has 0 aliphatic heterocycles. The van der Waals surface area contributed by atoms with Crippen molar-refractivity contribution in [2.45, 2.75) is 26.3 Å². The van der Waals surface area contributed by atoms with Crippen molar-refractivity contribution >= 4 is 28.6 Å². The Morgan fingerprint density at radius 2 is 2.16 bits per heavy atom. The average molecular weight is 361 g/mol. The normalized spacial score (nSPS) is 11.0. The SMILES string of the molecule is CCCNC(=O)CCn1cnc2onc(-c3ccccc3Cl)c2c1=O. The van der Waals surface area contributed by atoms with Gasteiger partial charge in [-0.2, -0.15) is 0 Å². The highest BCUT2D eigenvalue weighted by molar-refractivity contribution is 6.33. The third-order valence-corrected chi connectivity index (χ3v) is 4.07. The number of rotatable bonds is 6. The molecule has 0 radical (unpaired) electrons. The second kappa shape index (κ2) is 7.48. The molecule has 3 aromatic rings. The summed E-state index contributed by atoms with van der Waals surface area (Å²) in [5, 5.41) is 7.44. The van der Waals surface area contributed by atoms with Crippen molar-refractivity contribution < 1.29 is 9.32 Å². The van der Waals surface area contributed by atoms with Crippen LogP contribution in [0.4, 0.5) is 0 Å². The van der Waals surface area contributed by atoms with E-state index in [1.165, 1.54) is 10.9 Å². The second-order valence-electron chi connectivity index (χ2n) is 5.53. The molecule has 3 rings (SSSR count). The van der Waals surface area contributed by atoms with Gasteiger partial charge in [-0.25, -0.2) is 4.98 Å². The summed E-state index contributed by atoms with van der Waals surface area (Å²) < 4.78 is 6.54. The van der Waals surface area contributed by atoms with Gasteiger partial charge in [0.2, 0.25) is 5.91 Å². The minimum absolute atomic E-state index is 0.106. The van der Waals surface area contributed by atoms with Crippen LogP contribution in [-0.4, -0.2) is 27.2 Å². The molecule has 0 aliphatic rings. The van der Waals surface area contributed by atoms with E-state index in [-0.39, 0.29) is 35.5 Å². The first-order valence-corrected chi connectivity index (χ1v) is 8.36.